The molecule has 0 aliphatic carbocycles. The van der Waals surface area contributed by atoms with Gasteiger partial charge in [0.05, 0.1) is 25.1 Å². The summed E-state index contributed by atoms with van der Waals surface area (Å²) in [5, 5.41) is 0.552. The van der Waals surface area contributed by atoms with E-state index in [2.05, 4.69) is 9.62 Å². The van der Waals surface area contributed by atoms with Crippen molar-refractivity contribution < 1.29 is 17.9 Å². The molecule has 30 heavy (non-hydrogen) atoms. The molecule has 0 radical (unpaired) electrons. The normalized spacial score (nSPS) is 15.7. The molecule has 7 nitrogen and oxygen atoms in total. The second-order valence-electron chi connectivity index (χ2n) is 7.24. The summed E-state index contributed by atoms with van der Waals surface area (Å²) in [6.07, 6.45) is 1.13. The number of sulfonamides is 1. The number of amides is 1. The average molecular weight is 452 g/mol. The van der Waals surface area contributed by atoms with E-state index in [1.807, 2.05) is 24.3 Å². The van der Waals surface area contributed by atoms with Crippen LogP contribution >= 0.6 is 11.6 Å². The van der Waals surface area contributed by atoms with E-state index in [0.717, 1.165) is 17.7 Å². The zero-order valence-corrected chi connectivity index (χ0v) is 18.6. The molecule has 1 atom stereocenters. The van der Waals surface area contributed by atoms with Crippen molar-refractivity contribution in [3.05, 3.63) is 59.1 Å². The van der Waals surface area contributed by atoms with E-state index in [1.165, 1.54) is 0 Å². The third kappa shape index (κ3) is 5.87. The Kier molecular flexibility index (Phi) is 7.23. The first-order valence-electron chi connectivity index (χ1n) is 9.65. The fourth-order valence-electron chi connectivity index (χ4n) is 3.57. The Morgan fingerprint density at radius 2 is 1.73 bits per heavy atom. The molecule has 3 rings (SSSR count). The van der Waals surface area contributed by atoms with Crippen molar-refractivity contribution in [1.82, 2.24) is 9.62 Å². The van der Waals surface area contributed by atoms with Crippen LogP contribution in [0.25, 0.3) is 0 Å². The molecule has 0 spiro atoms. The number of nitrogens with one attached hydrogen (secondary N) is 1. The maximum Gasteiger partial charge on any atom is 0.224 e. The number of hydrogen-bond acceptors (Lipinski definition) is 5. The van der Waals surface area contributed by atoms with E-state index in [-0.39, 0.29) is 12.3 Å². The first kappa shape index (κ1) is 22.4. The number of carbonyl (C=O) groups is 1. The van der Waals surface area contributed by atoms with E-state index in [0.29, 0.717) is 36.8 Å². The molecule has 0 saturated carbocycles. The number of ether oxygens (including phenoxy) is 1. The molecule has 1 amide bonds. The lowest BCUT2D eigenvalue weighted by atomic mass is 10.0. The second kappa shape index (κ2) is 9.68. The first-order chi connectivity index (χ1) is 14.3. The lowest BCUT2D eigenvalue weighted by Crippen LogP contribution is -2.49. The molecule has 0 unspecified atom stereocenters. The second-order valence-corrected chi connectivity index (χ2v) is 9.45. The van der Waals surface area contributed by atoms with Crippen molar-refractivity contribution in [2.45, 2.75) is 12.5 Å². The molecule has 1 heterocycles. The van der Waals surface area contributed by atoms with E-state index in [4.69, 9.17) is 16.3 Å². The SMILES string of the molecule is COc1ccccc1N1CCN(C(=O)C[C@@H](NS(C)(=O)=O)c2ccc(Cl)cc2)CC1. The Balaban J connectivity index is 1.66. The summed E-state index contributed by atoms with van der Waals surface area (Å²) in [4.78, 5) is 16.9. The van der Waals surface area contributed by atoms with Crippen LogP contribution in [-0.2, 0) is 14.8 Å². The number of nitrogens with zero attached hydrogens (tertiary/aromatic N) is 2. The molecule has 1 N–H and O–H groups in total. The van der Waals surface area contributed by atoms with Crippen molar-refractivity contribution in [2.75, 3.05) is 44.4 Å². The number of carbonyl (C=O) groups excluding carboxylic acids is 1. The van der Waals surface area contributed by atoms with E-state index in [1.54, 1.807) is 36.3 Å². The molecule has 2 aromatic rings. The lowest BCUT2D eigenvalue weighted by molar-refractivity contribution is -0.132. The minimum absolute atomic E-state index is 0.0450. The maximum atomic E-state index is 12.9. The highest BCUT2D eigenvalue weighted by Crippen LogP contribution is 2.29. The minimum Gasteiger partial charge on any atom is -0.495 e. The number of rotatable bonds is 7. The van der Waals surface area contributed by atoms with Crippen molar-refractivity contribution in [3.63, 3.8) is 0 Å². The molecule has 1 saturated heterocycles. The summed E-state index contributed by atoms with van der Waals surface area (Å²) in [6, 6.07) is 14.0. The Labute approximate surface area is 182 Å². The van der Waals surface area contributed by atoms with Gasteiger partial charge in [-0.2, -0.15) is 0 Å². The molecular weight excluding hydrogens is 426 g/mol. The molecule has 9 heteroatoms. The van der Waals surface area contributed by atoms with Crippen LogP contribution in [0.4, 0.5) is 5.69 Å². The van der Waals surface area contributed by atoms with Gasteiger partial charge in [-0.25, -0.2) is 13.1 Å². The van der Waals surface area contributed by atoms with Gasteiger partial charge in [-0.05, 0) is 29.8 Å². The highest BCUT2D eigenvalue weighted by atomic mass is 35.5. The fraction of sp³-hybridized carbons (Fsp3) is 0.381. The zero-order chi connectivity index (χ0) is 21.7. The molecular formula is C21H26ClN3O4S. The smallest absolute Gasteiger partial charge is 0.224 e. The van der Waals surface area contributed by atoms with Gasteiger partial charge in [0.25, 0.3) is 0 Å². The minimum atomic E-state index is -3.49. The summed E-state index contributed by atoms with van der Waals surface area (Å²) in [6.45, 7) is 2.47. The van der Waals surface area contributed by atoms with Crippen LogP contribution in [0, 0.1) is 0 Å². The Morgan fingerprint density at radius 1 is 1.10 bits per heavy atom. The summed E-state index contributed by atoms with van der Waals surface area (Å²) < 4.78 is 31.6. The summed E-state index contributed by atoms with van der Waals surface area (Å²) >= 11 is 5.94. The molecule has 162 valence electrons. The van der Waals surface area contributed by atoms with Gasteiger partial charge in [0.15, 0.2) is 0 Å². The predicted molar refractivity (Wildman–Crippen MR) is 119 cm³/mol. The van der Waals surface area contributed by atoms with Gasteiger partial charge < -0.3 is 14.5 Å². The van der Waals surface area contributed by atoms with Gasteiger partial charge in [0, 0.05) is 37.6 Å². The largest absolute Gasteiger partial charge is 0.495 e. The Hall–Kier alpha value is -2.29. The molecule has 1 fully saturated rings. The van der Waals surface area contributed by atoms with Crippen molar-refractivity contribution >= 4 is 33.2 Å². The predicted octanol–water partition coefficient (Wildman–Crippen LogP) is 2.68. The standard InChI is InChI=1S/C21H26ClN3O4S/c1-29-20-6-4-3-5-19(20)24-11-13-25(14-12-24)21(26)15-18(23-30(2,27)28)16-7-9-17(22)10-8-16/h3-10,18,23H,11-15H2,1-2H3/t18-/m1/s1. The third-order valence-electron chi connectivity index (χ3n) is 5.07. The van der Waals surface area contributed by atoms with Crippen LogP contribution < -0.4 is 14.4 Å². The number of para-hydroxylation sites is 2. The molecule has 0 aromatic heterocycles. The number of piperazine rings is 1. The Morgan fingerprint density at radius 3 is 2.33 bits per heavy atom. The molecule has 0 bridgehead atoms. The summed E-state index contributed by atoms with van der Waals surface area (Å²) in [5.41, 5.74) is 1.70. The average Bonchev–Trinajstić information content (AvgIpc) is 2.73. The van der Waals surface area contributed by atoms with Crippen molar-refractivity contribution in [1.29, 1.82) is 0 Å². The van der Waals surface area contributed by atoms with Crippen LogP contribution in [0.15, 0.2) is 48.5 Å². The number of methoxy groups -OCH3 is 1. The monoisotopic (exact) mass is 451 g/mol. The van der Waals surface area contributed by atoms with Crippen LogP contribution in [-0.4, -0.2) is 58.8 Å². The van der Waals surface area contributed by atoms with Gasteiger partial charge in [-0.3, -0.25) is 4.79 Å². The van der Waals surface area contributed by atoms with Gasteiger partial charge in [-0.15, -0.1) is 0 Å². The molecule has 1 aliphatic heterocycles. The number of anilines is 1. The van der Waals surface area contributed by atoms with Gasteiger partial charge in [0.2, 0.25) is 15.9 Å². The van der Waals surface area contributed by atoms with E-state index >= 15 is 0 Å². The van der Waals surface area contributed by atoms with E-state index in [9.17, 15) is 13.2 Å². The third-order valence-corrected chi connectivity index (χ3v) is 6.03. The van der Waals surface area contributed by atoms with Crippen molar-refractivity contribution in [3.8, 4) is 5.75 Å². The van der Waals surface area contributed by atoms with Crippen LogP contribution in [0.1, 0.15) is 18.0 Å². The maximum absolute atomic E-state index is 12.9. The van der Waals surface area contributed by atoms with Gasteiger partial charge >= 0.3 is 0 Å². The quantitative estimate of drug-likeness (QED) is 0.700. The molecule has 1 aliphatic rings. The highest BCUT2D eigenvalue weighted by Gasteiger charge is 2.26. The number of benzene rings is 2. The fourth-order valence-corrected chi connectivity index (χ4v) is 4.43. The van der Waals surface area contributed by atoms with Crippen LogP contribution in [0.2, 0.25) is 5.02 Å². The van der Waals surface area contributed by atoms with E-state index < -0.39 is 16.1 Å². The van der Waals surface area contributed by atoms with Gasteiger partial charge in [0.1, 0.15) is 5.75 Å². The van der Waals surface area contributed by atoms with Crippen LogP contribution in [0.3, 0.4) is 0 Å². The lowest BCUT2D eigenvalue weighted by Gasteiger charge is -2.37. The zero-order valence-electron chi connectivity index (χ0n) is 17.0. The topological polar surface area (TPSA) is 79.0 Å². The number of hydrogen-bond donors (Lipinski definition) is 1. The summed E-state index contributed by atoms with van der Waals surface area (Å²) in [5.74, 6) is 0.711. The van der Waals surface area contributed by atoms with Crippen molar-refractivity contribution in [2.24, 2.45) is 0 Å². The summed E-state index contributed by atoms with van der Waals surface area (Å²) in [7, 11) is -1.84. The molecule has 2 aromatic carbocycles. The van der Waals surface area contributed by atoms with Gasteiger partial charge in [-0.1, -0.05) is 35.9 Å². The van der Waals surface area contributed by atoms with Crippen LogP contribution in [0.5, 0.6) is 5.75 Å². The Bertz CT molecular complexity index is 974. The highest BCUT2D eigenvalue weighted by molar-refractivity contribution is 7.88. The first-order valence-corrected chi connectivity index (χ1v) is 11.9. The number of halogens is 1.